The molecule has 0 spiro atoms. The Morgan fingerprint density at radius 3 is 2.52 bits per heavy atom. The number of amides is 2. The van der Waals surface area contributed by atoms with E-state index < -0.39 is 0 Å². The summed E-state index contributed by atoms with van der Waals surface area (Å²) in [6, 6.07) is 12.2. The van der Waals surface area contributed by atoms with Crippen LogP contribution in [-0.4, -0.2) is 28.8 Å². The fourth-order valence-corrected chi connectivity index (χ4v) is 5.56. The molecule has 2 heterocycles. The first-order chi connectivity index (χ1) is 13.2. The van der Waals surface area contributed by atoms with Gasteiger partial charge in [-0.25, -0.2) is 0 Å². The Hall–Kier alpha value is -2.14. The van der Waals surface area contributed by atoms with Gasteiger partial charge in [-0.3, -0.25) is 9.59 Å². The molecule has 2 fully saturated rings. The van der Waals surface area contributed by atoms with E-state index in [2.05, 4.69) is 16.3 Å². The van der Waals surface area contributed by atoms with Crippen molar-refractivity contribution in [3.8, 4) is 0 Å². The van der Waals surface area contributed by atoms with Crippen molar-refractivity contribution in [1.29, 1.82) is 0 Å². The minimum Gasteiger partial charge on any atom is -0.353 e. The topological polar surface area (TPSA) is 49.4 Å². The van der Waals surface area contributed by atoms with Crippen LogP contribution < -0.4 is 5.32 Å². The highest BCUT2D eigenvalue weighted by Gasteiger charge is 2.47. The Morgan fingerprint density at radius 2 is 1.81 bits per heavy atom. The number of fused-ring (bicyclic) bond motifs is 1. The third-order valence-electron chi connectivity index (χ3n) is 6.14. The lowest BCUT2D eigenvalue weighted by atomic mass is 9.80. The first-order valence-electron chi connectivity index (χ1n) is 9.99. The van der Waals surface area contributed by atoms with Gasteiger partial charge in [0.25, 0.3) is 5.91 Å². The second kappa shape index (κ2) is 6.79. The molecule has 140 valence electrons. The average molecular weight is 381 g/mol. The lowest BCUT2D eigenvalue weighted by molar-refractivity contribution is -0.124. The van der Waals surface area contributed by atoms with E-state index in [1.807, 2.05) is 35.7 Å². The fraction of sp³-hybridized carbons (Fsp3) is 0.455. The summed E-state index contributed by atoms with van der Waals surface area (Å²) in [7, 11) is 0. The number of nitrogens with one attached hydrogen (secondary N) is 1. The van der Waals surface area contributed by atoms with Crippen LogP contribution in [0.15, 0.2) is 41.8 Å². The largest absolute Gasteiger partial charge is 0.353 e. The minimum atomic E-state index is -0.334. The molecule has 5 rings (SSSR count). The zero-order valence-corrected chi connectivity index (χ0v) is 16.1. The van der Waals surface area contributed by atoms with Crippen LogP contribution >= 0.6 is 11.3 Å². The van der Waals surface area contributed by atoms with Crippen LogP contribution in [0.3, 0.4) is 0 Å². The molecule has 0 saturated heterocycles. The van der Waals surface area contributed by atoms with E-state index in [4.69, 9.17) is 0 Å². The van der Waals surface area contributed by atoms with Gasteiger partial charge in [0.1, 0.15) is 0 Å². The minimum absolute atomic E-state index is 0.0684. The molecule has 1 aromatic carbocycles. The summed E-state index contributed by atoms with van der Waals surface area (Å²) < 4.78 is 0. The van der Waals surface area contributed by atoms with E-state index >= 15 is 0 Å². The summed E-state index contributed by atoms with van der Waals surface area (Å²) >= 11 is 1.65. The molecule has 1 aromatic heterocycles. The molecule has 2 unspecified atom stereocenters. The molecular weight excluding hydrogens is 356 g/mol. The van der Waals surface area contributed by atoms with E-state index in [9.17, 15) is 9.59 Å². The van der Waals surface area contributed by atoms with Crippen molar-refractivity contribution in [1.82, 2.24) is 10.2 Å². The maximum atomic E-state index is 13.5. The molecule has 0 bridgehead atoms. The zero-order chi connectivity index (χ0) is 18.4. The molecule has 2 aliphatic carbocycles. The van der Waals surface area contributed by atoms with Crippen LogP contribution in [0.2, 0.25) is 0 Å². The number of nitrogens with zero attached hydrogens (tertiary/aromatic N) is 1. The Labute approximate surface area is 163 Å². The molecule has 5 heteroatoms. The van der Waals surface area contributed by atoms with Gasteiger partial charge in [0.05, 0.1) is 12.0 Å². The van der Waals surface area contributed by atoms with E-state index in [-0.39, 0.29) is 29.8 Å². The molecule has 0 radical (unpaired) electrons. The van der Waals surface area contributed by atoms with Gasteiger partial charge in [0.15, 0.2) is 0 Å². The van der Waals surface area contributed by atoms with Crippen LogP contribution in [0.1, 0.15) is 71.3 Å². The number of rotatable bonds is 4. The van der Waals surface area contributed by atoms with E-state index in [0.717, 1.165) is 49.0 Å². The summed E-state index contributed by atoms with van der Waals surface area (Å²) in [5.41, 5.74) is 1.58. The molecular formula is C22H24N2O2S. The van der Waals surface area contributed by atoms with E-state index in [0.29, 0.717) is 11.6 Å². The molecule has 1 N–H and O–H groups in total. The Balaban J connectivity index is 1.64. The Morgan fingerprint density at radius 1 is 1.04 bits per heavy atom. The second-order valence-electron chi connectivity index (χ2n) is 7.96. The highest BCUT2D eigenvalue weighted by Crippen LogP contribution is 2.47. The van der Waals surface area contributed by atoms with Crippen molar-refractivity contribution in [3.63, 3.8) is 0 Å². The predicted octanol–water partition coefficient (Wildman–Crippen LogP) is 4.25. The van der Waals surface area contributed by atoms with Crippen molar-refractivity contribution in [2.75, 3.05) is 0 Å². The quantitative estimate of drug-likeness (QED) is 0.862. The maximum absolute atomic E-state index is 13.5. The van der Waals surface area contributed by atoms with Gasteiger partial charge in [-0.05, 0) is 48.8 Å². The number of hydrogen-bond donors (Lipinski definition) is 1. The predicted molar refractivity (Wildman–Crippen MR) is 106 cm³/mol. The zero-order valence-electron chi connectivity index (χ0n) is 15.3. The number of carbonyl (C=O) groups excluding carboxylic acids is 2. The highest BCUT2D eigenvalue weighted by atomic mass is 32.1. The van der Waals surface area contributed by atoms with Crippen molar-refractivity contribution in [2.24, 2.45) is 0 Å². The lowest BCUT2D eigenvalue weighted by Gasteiger charge is -2.44. The summed E-state index contributed by atoms with van der Waals surface area (Å²) in [5.74, 6) is -0.177. The standard InChI is InChI=1S/C22H24N2O2S/c25-21(23-14-11-12-14)19-16-8-3-4-9-17(16)22(26)24(15-6-1-2-7-15)20(19)18-10-5-13-27-18/h3-5,8-10,13-15,19-20H,1-2,6-7,11-12H2,(H,23,25). The number of benzene rings is 1. The van der Waals surface area contributed by atoms with Gasteiger partial charge < -0.3 is 10.2 Å². The van der Waals surface area contributed by atoms with Gasteiger partial charge in [0, 0.05) is 22.5 Å². The summed E-state index contributed by atoms with van der Waals surface area (Å²) in [6.45, 7) is 0. The smallest absolute Gasteiger partial charge is 0.254 e. The molecule has 2 atom stereocenters. The Kier molecular flexibility index (Phi) is 4.27. The third-order valence-corrected chi connectivity index (χ3v) is 7.08. The highest BCUT2D eigenvalue weighted by molar-refractivity contribution is 7.10. The molecule has 4 nitrogen and oxygen atoms in total. The summed E-state index contributed by atoms with van der Waals surface area (Å²) in [5, 5.41) is 5.25. The van der Waals surface area contributed by atoms with Crippen LogP contribution in [-0.2, 0) is 4.79 Å². The second-order valence-corrected chi connectivity index (χ2v) is 8.94. The van der Waals surface area contributed by atoms with Crippen molar-refractivity contribution >= 4 is 23.2 Å². The maximum Gasteiger partial charge on any atom is 0.254 e. The lowest BCUT2D eigenvalue weighted by Crippen LogP contribution is -2.50. The number of carbonyl (C=O) groups is 2. The van der Waals surface area contributed by atoms with Crippen molar-refractivity contribution in [3.05, 3.63) is 57.8 Å². The summed E-state index contributed by atoms with van der Waals surface area (Å²) in [4.78, 5) is 30.0. The first-order valence-corrected chi connectivity index (χ1v) is 10.9. The normalized spacial score (nSPS) is 25.5. The molecule has 2 saturated carbocycles. The molecule has 2 aromatic rings. The van der Waals surface area contributed by atoms with Crippen molar-refractivity contribution < 1.29 is 9.59 Å². The van der Waals surface area contributed by atoms with Gasteiger partial charge in [0.2, 0.25) is 5.91 Å². The van der Waals surface area contributed by atoms with E-state index in [1.165, 1.54) is 0 Å². The van der Waals surface area contributed by atoms with Gasteiger partial charge in [-0.2, -0.15) is 0 Å². The monoisotopic (exact) mass is 380 g/mol. The first kappa shape index (κ1) is 17.0. The van der Waals surface area contributed by atoms with Crippen LogP contribution in [0.5, 0.6) is 0 Å². The molecule has 27 heavy (non-hydrogen) atoms. The van der Waals surface area contributed by atoms with Gasteiger partial charge in [-0.1, -0.05) is 37.1 Å². The molecule has 2 amide bonds. The van der Waals surface area contributed by atoms with Gasteiger partial charge in [-0.15, -0.1) is 11.3 Å². The molecule has 3 aliphatic rings. The van der Waals surface area contributed by atoms with Crippen LogP contribution in [0.25, 0.3) is 0 Å². The number of thiophene rings is 1. The van der Waals surface area contributed by atoms with Crippen LogP contribution in [0, 0.1) is 0 Å². The van der Waals surface area contributed by atoms with E-state index in [1.54, 1.807) is 11.3 Å². The molecule has 1 aliphatic heterocycles. The van der Waals surface area contributed by atoms with Crippen molar-refractivity contribution in [2.45, 2.75) is 62.6 Å². The SMILES string of the molecule is O=C(NC1CC1)C1c2ccccc2C(=O)N(C2CCCC2)C1c1cccs1. The average Bonchev–Trinajstić information content (AvgIpc) is 3.15. The van der Waals surface area contributed by atoms with Gasteiger partial charge >= 0.3 is 0 Å². The third kappa shape index (κ3) is 2.98. The number of hydrogen-bond acceptors (Lipinski definition) is 3. The Bertz CT molecular complexity index is 853. The fourth-order valence-electron chi connectivity index (χ4n) is 4.70. The summed E-state index contributed by atoms with van der Waals surface area (Å²) in [6.07, 6.45) is 6.52. The van der Waals surface area contributed by atoms with Crippen LogP contribution in [0.4, 0.5) is 0 Å².